The van der Waals surface area contributed by atoms with Crippen molar-refractivity contribution in [3.63, 3.8) is 0 Å². The lowest BCUT2D eigenvalue weighted by atomic mass is 9.83. The Kier molecular flexibility index (Phi) is 3.87. The second-order valence-corrected chi connectivity index (χ2v) is 7.15. The number of rotatable bonds is 2. The Morgan fingerprint density at radius 3 is 2.61 bits per heavy atom. The summed E-state index contributed by atoms with van der Waals surface area (Å²) in [5.41, 5.74) is 6.59. The number of fused-ring (bicyclic) bond motifs is 2. The summed E-state index contributed by atoms with van der Waals surface area (Å²) in [5, 5.41) is 7.56. The minimum Gasteiger partial charge on any atom is -0.352 e. The second kappa shape index (κ2) is 6.02. The molecule has 0 aromatic heterocycles. The summed E-state index contributed by atoms with van der Waals surface area (Å²) in [6.45, 7) is 0. The number of hydrogen-bond acceptors (Lipinski definition) is 2. The van der Waals surface area contributed by atoms with E-state index in [1.165, 1.54) is 32.9 Å². The Bertz CT molecular complexity index is 793. The maximum absolute atomic E-state index is 5.47. The molecule has 4 heteroatoms. The molecule has 0 bridgehead atoms. The van der Waals surface area contributed by atoms with Crippen LogP contribution in [0.25, 0.3) is 5.70 Å². The summed E-state index contributed by atoms with van der Waals surface area (Å²) in [5.74, 6) is 0. The zero-order chi connectivity index (χ0) is 15.8. The van der Waals surface area contributed by atoms with E-state index in [0.717, 1.165) is 12.8 Å². The fourth-order valence-corrected chi connectivity index (χ4v) is 4.06. The van der Waals surface area contributed by atoms with E-state index >= 15 is 0 Å². The molecule has 0 radical (unpaired) electrons. The molecular weight excluding hydrogens is 320 g/mol. The van der Waals surface area contributed by atoms with Gasteiger partial charge in [0.2, 0.25) is 0 Å². The predicted octanol–water partition coefficient (Wildman–Crippen LogP) is 4.28. The van der Waals surface area contributed by atoms with Crippen LogP contribution in [0.5, 0.6) is 0 Å². The average Bonchev–Trinajstić information content (AvgIpc) is 2.61. The predicted molar refractivity (Wildman–Crippen MR) is 102 cm³/mol. The highest BCUT2D eigenvalue weighted by Gasteiger charge is 2.30. The van der Waals surface area contributed by atoms with E-state index in [4.69, 9.17) is 12.2 Å². The van der Waals surface area contributed by atoms with Crippen LogP contribution in [0.3, 0.4) is 0 Å². The molecule has 23 heavy (non-hydrogen) atoms. The molecule has 1 aliphatic heterocycles. The van der Waals surface area contributed by atoms with Crippen LogP contribution in [0.4, 0.5) is 0 Å². The van der Waals surface area contributed by atoms with Crippen molar-refractivity contribution in [2.75, 3.05) is 6.26 Å². The summed E-state index contributed by atoms with van der Waals surface area (Å²) >= 11 is 7.24. The third-order valence-electron chi connectivity index (χ3n) is 4.58. The first-order valence-electron chi connectivity index (χ1n) is 7.79. The number of nitrogens with one attached hydrogen (secondary N) is 2. The van der Waals surface area contributed by atoms with Crippen LogP contribution in [0.15, 0.2) is 59.0 Å². The summed E-state index contributed by atoms with van der Waals surface area (Å²) in [7, 11) is 0. The van der Waals surface area contributed by atoms with E-state index in [9.17, 15) is 0 Å². The van der Waals surface area contributed by atoms with E-state index in [1.54, 1.807) is 11.8 Å². The van der Waals surface area contributed by atoms with Gasteiger partial charge in [-0.2, -0.15) is 0 Å². The zero-order valence-electron chi connectivity index (χ0n) is 12.9. The molecule has 2 aliphatic rings. The Balaban J connectivity index is 1.80. The number of thiocarbonyl (C=S) groups is 1. The number of aryl methyl sites for hydroxylation is 1. The third kappa shape index (κ3) is 2.66. The molecule has 0 fully saturated rings. The molecule has 0 spiro atoms. The Morgan fingerprint density at radius 1 is 1.04 bits per heavy atom. The molecule has 116 valence electrons. The zero-order valence-corrected chi connectivity index (χ0v) is 14.6. The molecule has 1 atom stereocenters. The maximum atomic E-state index is 5.47. The molecule has 2 aromatic rings. The van der Waals surface area contributed by atoms with Crippen molar-refractivity contribution in [2.24, 2.45) is 0 Å². The summed E-state index contributed by atoms with van der Waals surface area (Å²) in [4.78, 5) is 1.29. The third-order valence-corrected chi connectivity index (χ3v) is 5.55. The lowest BCUT2D eigenvalue weighted by molar-refractivity contribution is 0.667. The van der Waals surface area contributed by atoms with E-state index in [-0.39, 0.29) is 6.04 Å². The van der Waals surface area contributed by atoms with Crippen LogP contribution in [-0.4, -0.2) is 11.4 Å². The van der Waals surface area contributed by atoms with Gasteiger partial charge in [0.05, 0.1) is 6.04 Å². The largest absolute Gasteiger partial charge is 0.352 e. The lowest BCUT2D eigenvalue weighted by Gasteiger charge is -2.35. The smallest absolute Gasteiger partial charge is 0.171 e. The highest BCUT2D eigenvalue weighted by molar-refractivity contribution is 7.98. The van der Waals surface area contributed by atoms with Crippen LogP contribution in [0, 0.1) is 0 Å². The van der Waals surface area contributed by atoms with Crippen molar-refractivity contribution >= 4 is 34.8 Å². The molecule has 1 aliphatic carbocycles. The van der Waals surface area contributed by atoms with Crippen molar-refractivity contribution in [2.45, 2.75) is 23.8 Å². The number of hydrogen-bond donors (Lipinski definition) is 2. The number of thioether (sulfide) groups is 1. The van der Waals surface area contributed by atoms with Gasteiger partial charge in [0.1, 0.15) is 0 Å². The topological polar surface area (TPSA) is 24.1 Å². The van der Waals surface area contributed by atoms with Crippen molar-refractivity contribution in [1.82, 2.24) is 10.6 Å². The normalized spacial score (nSPS) is 19.5. The molecule has 0 saturated carbocycles. The minimum absolute atomic E-state index is 0.169. The van der Waals surface area contributed by atoms with Gasteiger partial charge in [0.15, 0.2) is 5.11 Å². The first kappa shape index (κ1) is 14.8. The highest BCUT2D eigenvalue weighted by Crippen LogP contribution is 2.38. The van der Waals surface area contributed by atoms with E-state index in [2.05, 4.69) is 65.4 Å². The molecule has 0 unspecified atom stereocenters. The van der Waals surface area contributed by atoms with E-state index < -0.39 is 0 Å². The van der Waals surface area contributed by atoms with Gasteiger partial charge < -0.3 is 10.6 Å². The van der Waals surface area contributed by atoms with Gasteiger partial charge in [-0.1, -0.05) is 36.4 Å². The van der Waals surface area contributed by atoms with Crippen molar-refractivity contribution in [3.8, 4) is 0 Å². The van der Waals surface area contributed by atoms with Gasteiger partial charge >= 0.3 is 0 Å². The Morgan fingerprint density at radius 2 is 1.83 bits per heavy atom. The second-order valence-electron chi connectivity index (χ2n) is 5.86. The first-order chi connectivity index (χ1) is 11.3. The van der Waals surface area contributed by atoms with Crippen LogP contribution >= 0.6 is 24.0 Å². The van der Waals surface area contributed by atoms with Gasteiger partial charge in [-0.05, 0) is 60.1 Å². The van der Waals surface area contributed by atoms with Gasteiger partial charge in [0, 0.05) is 16.2 Å². The van der Waals surface area contributed by atoms with Crippen molar-refractivity contribution in [3.05, 3.63) is 70.8 Å². The van der Waals surface area contributed by atoms with Gasteiger partial charge in [0.25, 0.3) is 0 Å². The quantitative estimate of drug-likeness (QED) is 0.630. The summed E-state index contributed by atoms with van der Waals surface area (Å²) in [6.07, 6.45) is 4.25. The Labute approximate surface area is 146 Å². The monoisotopic (exact) mass is 338 g/mol. The lowest BCUT2D eigenvalue weighted by Crippen LogP contribution is -2.44. The molecule has 2 nitrogen and oxygen atoms in total. The van der Waals surface area contributed by atoms with Crippen LogP contribution < -0.4 is 10.6 Å². The van der Waals surface area contributed by atoms with Gasteiger partial charge in [-0.15, -0.1) is 11.8 Å². The van der Waals surface area contributed by atoms with Crippen molar-refractivity contribution in [1.29, 1.82) is 0 Å². The standard InChI is InChI=1S/C19H18N2S2/c1-23-14-9-6-13(7-10-14)17-16-11-8-12-4-2-3-5-15(12)18(16)21-19(22)20-17/h2-7,9-10,17H,8,11H2,1H3,(H2,20,21,22)/t17-/m1/s1. The van der Waals surface area contributed by atoms with E-state index in [1.807, 2.05) is 0 Å². The number of benzene rings is 2. The molecule has 4 rings (SSSR count). The fourth-order valence-electron chi connectivity index (χ4n) is 3.43. The molecule has 0 amide bonds. The summed E-state index contributed by atoms with van der Waals surface area (Å²) in [6, 6.07) is 17.6. The molecular formula is C19H18N2S2. The molecule has 2 N–H and O–H groups in total. The van der Waals surface area contributed by atoms with Gasteiger partial charge in [-0.3, -0.25) is 0 Å². The molecule has 1 heterocycles. The SMILES string of the molecule is CSc1ccc([C@H]2NC(=S)NC3=C2CCc2ccccc23)cc1. The van der Waals surface area contributed by atoms with Crippen LogP contribution in [0.1, 0.15) is 29.2 Å². The maximum Gasteiger partial charge on any atom is 0.171 e. The van der Waals surface area contributed by atoms with E-state index in [0.29, 0.717) is 5.11 Å². The Hall–Kier alpha value is -1.78. The molecule has 2 aromatic carbocycles. The molecule has 0 saturated heterocycles. The van der Waals surface area contributed by atoms with Crippen molar-refractivity contribution < 1.29 is 0 Å². The minimum atomic E-state index is 0.169. The summed E-state index contributed by atoms with van der Waals surface area (Å²) < 4.78 is 0. The highest BCUT2D eigenvalue weighted by atomic mass is 32.2. The average molecular weight is 339 g/mol. The van der Waals surface area contributed by atoms with Crippen LogP contribution in [-0.2, 0) is 6.42 Å². The van der Waals surface area contributed by atoms with Crippen LogP contribution in [0.2, 0.25) is 0 Å². The van der Waals surface area contributed by atoms with Gasteiger partial charge in [-0.25, -0.2) is 0 Å². The first-order valence-corrected chi connectivity index (χ1v) is 9.42. The fraction of sp³-hybridized carbons (Fsp3) is 0.211.